The molecule has 33 heavy (non-hydrogen) atoms. The molecule has 174 valence electrons. The van der Waals surface area contributed by atoms with Crippen LogP contribution in [0.4, 0.5) is 5.95 Å². The van der Waals surface area contributed by atoms with E-state index in [-0.39, 0.29) is 35.2 Å². The number of carbonyl (C=O) groups is 1. The van der Waals surface area contributed by atoms with E-state index in [0.29, 0.717) is 23.5 Å². The first-order valence-corrected chi connectivity index (χ1v) is 11.3. The largest absolute Gasteiger partial charge is 0.508 e. The maximum Gasteiger partial charge on any atom is 0.222 e. The van der Waals surface area contributed by atoms with Gasteiger partial charge >= 0.3 is 0 Å². The first-order chi connectivity index (χ1) is 15.7. The Balaban J connectivity index is 1.56. The van der Waals surface area contributed by atoms with Crippen LogP contribution >= 0.6 is 0 Å². The van der Waals surface area contributed by atoms with Crippen molar-refractivity contribution in [3.05, 3.63) is 53.1 Å². The molecular weight excluding hydrogens is 418 g/mol. The van der Waals surface area contributed by atoms with E-state index < -0.39 is 0 Å². The summed E-state index contributed by atoms with van der Waals surface area (Å²) in [6.45, 7) is 7.74. The molecule has 4 N–H and O–H groups in total. The molecule has 0 aliphatic carbocycles. The van der Waals surface area contributed by atoms with Gasteiger partial charge in [0.25, 0.3) is 0 Å². The molecular formula is C25H31N5O3. The smallest absolute Gasteiger partial charge is 0.222 e. The fraction of sp³-hybridized carbons (Fsp3) is 0.400. The highest BCUT2D eigenvalue weighted by atomic mass is 16.3. The molecule has 1 aliphatic rings. The van der Waals surface area contributed by atoms with E-state index in [1.807, 2.05) is 26.0 Å². The van der Waals surface area contributed by atoms with Crippen molar-refractivity contribution >= 4 is 11.7 Å². The van der Waals surface area contributed by atoms with Crippen LogP contribution in [0.15, 0.2) is 36.4 Å². The highest BCUT2D eigenvalue weighted by molar-refractivity contribution is 5.81. The van der Waals surface area contributed by atoms with Gasteiger partial charge in [0.1, 0.15) is 17.3 Å². The summed E-state index contributed by atoms with van der Waals surface area (Å²) in [6.07, 6.45) is 1.99. The van der Waals surface area contributed by atoms with Crippen molar-refractivity contribution in [3.8, 4) is 22.9 Å². The molecule has 0 bridgehead atoms. The number of benzene rings is 2. The summed E-state index contributed by atoms with van der Waals surface area (Å²) in [5, 5.41) is 28.8. The van der Waals surface area contributed by atoms with Crippen LogP contribution in [0.2, 0.25) is 0 Å². The second-order valence-electron chi connectivity index (χ2n) is 9.11. The lowest BCUT2D eigenvalue weighted by molar-refractivity contribution is -0.121. The third-order valence-corrected chi connectivity index (χ3v) is 6.37. The zero-order valence-corrected chi connectivity index (χ0v) is 19.3. The number of nitrogen functional groups attached to an aromatic ring is 1. The molecule has 0 saturated carbocycles. The maximum absolute atomic E-state index is 11.9. The minimum atomic E-state index is -0.0773. The first-order valence-electron chi connectivity index (χ1n) is 11.3. The average molecular weight is 450 g/mol. The van der Waals surface area contributed by atoms with Crippen LogP contribution in [-0.2, 0) is 17.9 Å². The monoisotopic (exact) mass is 449 g/mol. The quantitative estimate of drug-likeness (QED) is 0.504. The number of nitrogens with zero attached hydrogens (tertiary/aromatic N) is 4. The van der Waals surface area contributed by atoms with Gasteiger partial charge in [0.05, 0.1) is 18.2 Å². The van der Waals surface area contributed by atoms with Crippen molar-refractivity contribution in [2.75, 3.05) is 12.3 Å². The number of Topliss-reactive ketones (excluding diaryl/α,β-unsaturated/α-hetero) is 1. The molecule has 1 atom stereocenters. The fourth-order valence-electron chi connectivity index (χ4n) is 4.55. The number of nitrogens with two attached hydrogens (primary N) is 1. The van der Waals surface area contributed by atoms with Crippen molar-refractivity contribution in [2.24, 2.45) is 0 Å². The number of rotatable bonds is 7. The van der Waals surface area contributed by atoms with Crippen molar-refractivity contribution in [1.29, 1.82) is 0 Å². The van der Waals surface area contributed by atoms with Crippen LogP contribution in [0, 0.1) is 0 Å². The lowest BCUT2D eigenvalue weighted by Gasteiger charge is -2.22. The Hall–Kier alpha value is -3.39. The molecule has 0 amide bonds. The standard InChI is InChI=1S/C25H31N5O3/c1-15(2)19-11-20(23(33)12-22(19)32)24-27-28-25(26)30(24)14-18-8-6-17(7-9-18)13-29-10-4-5-21(29)16(3)31/h6-9,11-12,15,21,32-33H,4-5,10,13-14H2,1-3H3,(H2,26,28)/t21-/m0/s1. The van der Waals surface area contributed by atoms with Gasteiger partial charge in [-0.05, 0) is 55.0 Å². The van der Waals surface area contributed by atoms with Crippen LogP contribution in [0.3, 0.4) is 0 Å². The zero-order chi connectivity index (χ0) is 23.7. The topological polar surface area (TPSA) is 118 Å². The normalized spacial score (nSPS) is 16.5. The minimum Gasteiger partial charge on any atom is -0.508 e. The Bertz CT molecular complexity index is 1150. The number of ketones is 1. The molecule has 8 heteroatoms. The Kier molecular flexibility index (Phi) is 6.37. The number of hydrogen-bond acceptors (Lipinski definition) is 7. The lowest BCUT2D eigenvalue weighted by atomic mass is 9.98. The van der Waals surface area contributed by atoms with Crippen molar-refractivity contribution in [1.82, 2.24) is 19.7 Å². The van der Waals surface area contributed by atoms with Crippen LogP contribution in [-0.4, -0.2) is 48.2 Å². The van der Waals surface area contributed by atoms with Gasteiger partial charge in [-0.2, -0.15) is 0 Å². The summed E-state index contributed by atoms with van der Waals surface area (Å²) < 4.78 is 1.75. The Morgan fingerprint density at radius 3 is 2.39 bits per heavy atom. The molecule has 0 unspecified atom stereocenters. The van der Waals surface area contributed by atoms with E-state index in [1.165, 1.54) is 6.07 Å². The van der Waals surface area contributed by atoms with Crippen LogP contribution in [0.1, 0.15) is 56.2 Å². The summed E-state index contributed by atoms with van der Waals surface area (Å²) in [5.41, 5.74) is 9.46. The molecule has 4 rings (SSSR count). The molecule has 1 fully saturated rings. The van der Waals surface area contributed by atoms with Crippen LogP contribution < -0.4 is 5.73 Å². The van der Waals surface area contributed by atoms with Gasteiger partial charge in [-0.25, -0.2) is 0 Å². The molecule has 2 aromatic carbocycles. The number of aromatic nitrogens is 3. The van der Waals surface area contributed by atoms with Gasteiger partial charge in [0.2, 0.25) is 5.95 Å². The zero-order valence-electron chi connectivity index (χ0n) is 19.3. The summed E-state index contributed by atoms with van der Waals surface area (Å²) >= 11 is 0. The number of phenolic OH excluding ortho intramolecular Hbond substituents is 2. The van der Waals surface area contributed by atoms with Crippen molar-refractivity contribution in [3.63, 3.8) is 0 Å². The number of carbonyl (C=O) groups excluding carboxylic acids is 1. The highest BCUT2D eigenvalue weighted by Crippen LogP contribution is 2.37. The summed E-state index contributed by atoms with van der Waals surface area (Å²) in [6, 6.07) is 11.3. The molecule has 1 aromatic heterocycles. The third kappa shape index (κ3) is 4.71. The predicted octanol–water partition coefficient (Wildman–Crippen LogP) is 3.66. The lowest BCUT2D eigenvalue weighted by Crippen LogP contribution is -2.34. The highest BCUT2D eigenvalue weighted by Gasteiger charge is 2.27. The predicted molar refractivity (Wildman–Crippen MR) is 127 cm³/mol. The fourth-order valence-corrected chi connectivity index (χ4v) is 4.55. The Morgan fingerprint density at radius 2 is 1.76 bits per heavy atom. The van der Waals surface area contributed by atoms with Gasteiger partial charge < -0.3 is 15.9 Å². The van der Waals surface area contributed by atoms with E-state index in [0.717, 1.165) is 37.1 Å². The van der Waals surface area contributed by atoms with E-state index in [2.05, 4.69) is 27.2 Å². The van der Waals surface area contributed by atoms with Gasteiger partial charge in [-0.3, -0.25) is 14.3 Å². The number of phenols is 2. The van der Waals surface area contributed by atoms with E-state index in [4.69, 9.17) is 5.73 Å². The van der Waals surface area contributed by atoms with Crippen LogP contribution in [0.25, 0.3) is 11.4 Å². The second kappa shape index (κ2) is 9.23. The third-order valence-electron chi connectivity index (χ3n) is 6.37. The molecule has 8 nitrogen and oxygen atoms in total. The molecule has 1 aliphatic heterocycles. The minimum absolute atomic E-state index is 0.0257. The van der Waals surface area contributed by atoms with Gasteiger partial charge in [0.15, 0.2) is 5.82 Å². The number of likely N-dealkylation sites (tertiary alicyclic amines) is 1. The molecule has 1 saturated heterocycles. The van der Waals surface area contributed by atoms with Crippen molar-refractivity contribution in [2.45, 2.75) is 58.7 Å². The van der Waals surface area contributed by atoms with Gasteiger partial charge in [0, 0.05) is 12.6 Å². The van der Waals surface area contributed by atoms with Crippen LogP contribution in [0.5, 0.6) is 11.5 Å². The second-order valence-corrected chi connectivity index (χ2v) is 9.11. The first kappa shape index (κ1) is 22.8. The number of aromatic hydroxyl groups is 2. The summed E-state index contributed by atoms with van der Waals surface area (Å²) in [5.74, 6) is 0.963. The Morgan fingerprint density at radius 1 is 1.09 bits per heavy atom. The molecule has 0 spiro atoms. The van der Waals surface area contributed by atoms with E-state index in [1.54, 1.807) is 17.6 Å². The van der Waals surface area contributed by atoms with E-state index >= 15 is 0 Å². The number of hydrogen-bond donors (Lipinski definition) is 3. The van der Waals surface area contributed by atoms with E-state index in [9.17, 15) is 15.0 Å². The maximum atomic E-state index is 11.9. The summed E-state index contributed by atoms with van der Waals surface area (Å²) in [4.78, 5) is 14.1. The van der Waals surface area contributed by atoms with Crippen molar-refractivity contribution < 1.29 is 15.0 Å². The molecule has 0 radical (unpaired) electrons. The Labute approximate surface area is 193 Å². The number of anilines is 1. The molecule has 3 aromatic rings. The van der Waals surface area contributed by atoms with Gasteiger partial charge in [-0.1, -0.05) is 38.1 Å². The van der Waals surface area contributed by atoms with Gasteiger partial charge in [-0.15, -0.1) is 10.2 Å². The average Bonchev–Trinajstić information content (AvgIpc) is 3.36. The summed E-state index contributed by atoms with van der Waals surface area (Å²) in [7, 11) is 0. The SMILES string of the molecule is CC(=O)[C@@H]1CCCN1Cc1ccc(Cn2c(N)nnc2-c2cc(C(C)C)c(O)cc2O)cc1. The molecule has 2 heterocycles.